The fourth-order valence-corrected chi connectivity index (χ4v) is 3.13. The van der Waals surface area contributed by atoms with Crippen molar-refractivity contribution in [2.45, 2.75) is 13.3 Å². The summed E-state index contributed by atoms with van der Waals surface area (Å²) in [6.07, 6.45) is 1.34. The van der Waals surface area contributed by atoms with Crippen molar-refractivity contribution in [2.75, 3.05) is 26.9 Å². The molecule has 33 heavy (non-hydrogen) atoms. The normalized spacial score (nSPS) is 10.5. The summed E-state index contributed by atoms with van der Waals surface area (Å²) in [5.41, 5.74) is 2.82. The van der Waals surface area contributed by atoms with Crippen LogP contribution < -0.4 is 20.2 Å². The first-order valence-corrected chi connectivity index (χ1v) is 10.7. The molecular weight excluding hydrogens is 501 g/mol. The van der Waals surface area contributed by atoms with Crippen LogP contribution in [0.4, 0.5) is 4.39 Å². The predicted molar refractivity (Wildman–Crippen MR) is 122 cm³/mol. The summed E-state index contributed by atoms with van der Waals surface area (Å²) in [6, 6.07) is 8.84. The molecule has 0 heterocycles. The lowest BCUT2D eigenvalue weighted by molar-refractivity contribution is -0.145. The molecule has 2 amide bonds. The summed E-state index contributed by atoms with van der Waals surface area (Å²) in [6.45, 7) is 1.68. The zero-order chi connectivity index (χ0) is 24.2. The Morgan fingerprint density at radius 3 is 2.67 bits per heavy atom. The van der Waals surface area contributed by atoms with Gasteiger partial charge >= 0.3 is 5.97 Å². The minimum atomic E-state index is -0.636. The summed E-state index contributed by atoms with van der Waals surface area (Å²) >= 11 is 3.35. The van der Waals surface area contributed by atoms with Crippen LogP contribution in [0.3, 0.4) is 0 Å². The summed E-state index contributed by atoms with van der Waals surface area (Å²) < 4.78 is 29.6. The number of amides is 2. The number of ether oxygens (including phenoxy) is 3. The van der Waals surface area contributed by atoms with Crippen molar-refractivity contribution in [3.63, 3.8) is 0 Å². The Bertz CT molecular complexity index is 1030. The number of benzene rings is 2. The quantitative estimate of drug-likeness (QED) is 0.266. The van der Waals surface area contributed by atoms with E-state index >= 15 is 0 Å². The highest BCUT2D eigenvalue weighted by Gasteiger charge is 2.14. The summed E-state index contributed by atoms with van der Waals surface area (Å²) in [4.78, 5) is 35.3. The molecular formula is C22H23BrFN3O6. The Balaban J connectivity index is 1.86. The minimum absolute atomic E-state index is 0.0143. The Hall–Kier alpha value is -3.47. The molecule has 0 spiro atoms. The lowest BCUT2D eigenvalue weighted by atomic mass is 10.2. The number of hydrogen-bond donors (Lipinski definition) is 2. The van der Waals surface area contributed by atoms with Gasteiger partial charge in [-0.1, -0.05) is 12.1 Å². The van der Waals surface area contributed by atoms with Gasteiger partial charge in [-0.05, 0) is 52.7 Å². The van der Waals surface area contributed by atoms with Crippen molar-refractivity contribution >= 4 is 39.9 Å². The molecule has 0 aliphatic rings. The van der Waals surface area contributed by atoms with Crippen molar-refractivity contribution in [1.29, 1.82) is 0 Å². The molecule has 11 heteroatoms. The molecule has 0 saturated carbocycles. The van der Waals surface area contributed by atoms with Gasteiger partial charge in [0.2, 0.25) is 5.91 Å². The van der Waals surface area contributed by atoms with E-state index in [4.69, 9.17) is 14.2 Å². The number of hydrogen-bond acceptors (Lipinski definition) is 7. The maximum Gasteiger partial charge on any atom is 0.344 e. The molecule has 0 atom stereocenters. The van der Waals surface area contributed by atoms with Crippen LogP contribution in [-0.2, 0) is 14.3 Å². The van der Waals surface area contributed by atoms with Crippen LogP contribution in [0, 0.1) is 5.82 Å². The van der Waals surface area contributed by atoms with Crippen LogP contribution in [0.25, 0.3) is 0 Å². The van der Waals surface area contributed by atoms with Crippen LogP contribution >= 0.6 is 15.9 Å². The first kappa shape index (κ1) is 25.8. The van der Waals surface area contributed by atoms with Crippen LogP contribution in [0.5, 0.6) is 11.5 Å². The van der Waals surface area contributed by atoms with E-state index in [0.29, 0.717) is 21.5 Å². The highest BCUT2D eigenvalue weighted by atomic mass is 79.9. The fraction of sp³-hybridized carbons (Fsp3) is 0.273. The number of methoxy groups -OCH3 is 1. The molecule has 0 saturated heterocycles. The second-order valence-corrected chi connectivity index (χ2v) is 7.26. The van der Waals surface area contributed by atoms with Gasteiger partial charge in [0.15, 0.2) is 18.1 Å². The zero-order valence-corrected chi connectivity index (χ0v) is 19.6. The van der Waals surface area contributed by atoms with Crippen molar-refractivity contribution < 1.29 is 33.0 Å². The molecule has 2 aromatic carbocycles. The Labute approximate surface area is 198 Å². The van der Waals surface area contributed by atoms with Crippen molar-refractivity contribution in [3.8, 4) is 11.5 Å². The highest BCUT2D eigenvalue weighted by molar-refractivity contribution is 9.10. The lowest BCUT2D eigenvalue weighted by Gasteiger charge is -2.13. The topological polar surface area (TPSA) is 115 Å². The molecule has 2 N–H and O–H groups in total. The van der Waals surface area contributed by atoms with Crippen molar-refractivity contribution in [1.82, 2.24) is 10.7 Å². The number of esters is 1. The third-order valence-electron chi connectivity index (χ3n) is 4.05. The molecule has 0 aliphatic carbocycles. The Kier molecular flexibility index (Phi) is 10.3. The van der Waals surface area contributed by atoms with Gasteiger partial charge in [0.1, 0.15) is 5.82 Å². The molecule has 0 aromatic heterocycles. The van der Waals surface area contributed by atoms with Gasteiger partial charge in [0.25, 0.3) is 5.91 Å². The van der Waals surface area contributed by atoms with E-state index in [1.165, 1.54) is 31.5 Å². The fourth-order valence-electron chi connectivity index (χ4n) is 2.55. The first-order chi connectivity index (χ1) is 15.8. The maximum absolute atomic E-state index is 13.6. The van der Waals surface area contributed by atoms with E-state index in [1.54, 1.807) is 25.1 Å². The van der Waals surface area contributed by atoms with E-state index in [0.717, 1.165) is 0 Å². The number of hydrazone groups is 1. The summed E-state index contributed by atoms with van der Waals surface area (Å²) in [7, 11) is 1.44. The molecule has 0 unspecified atom stereocenters. The SMILES string of the molecule is CCOC(=O)COc1c(Br)cc(C=NNC(=O)CCNC(=O)c2ccccc2F)cc1OC. The minimum Gasteiger partial charge on any atom is -0.493 e. The number of rotatable bonds is 11. The van der Waals surface area contributed by atoms with Gasteiger partial charge in [-0.25, -0.2) is 14.6 Å². The molecule has 2 rings (SSSR count). The zero-order valence-electron chi connectivity index (χ0n) is 18.0. The molecule has 0 aliphatic heterocycles. The number of nitrogens with zero attached hydrogens (tertiary/aromatic N) is 1. The average molecular weight is 524 g/mol. The molecule has 0 bridgehead atoms. The predicted octanol–water partition coefficient (Wildman–Crippen LogP) is 2.81. The molecule has 176 valence electrons. The second-order valence-electron chi connectivity index (χ2n) is 6.41. The number of nitrogens with one attached hydrogen (secondary N) is 2. The smallest absolute Gasteiger partial charge is 0.344 e. The maximum atomic E-state index is 13.6. The monoisotopic (exact) mass is 523 g/mol. The molecule has 9 nitrogen and oxygen atoms in total. The van der Waals surface area contributed by atoms with Crippen LogP contribution in [-0.4, -0.2) is 50.9 Å². The van der Waals surface area contributed by atoms with Crippen LogP contribution in [0.15, 0.2) is 46.0 Å². The molecule has 0 fully saturated rings. The van der Waals surface area contributed by atoms with Gasteiger partial charge in [-0.2, -0.15) is 5.10 Å². The Morgan fingerprint density at radius 1 is 1.21 bits per heavy atom. The van der Waals surface area contributed by atoms with Gasteiger partial charge in [0, 0.05) is 13.0 Å². The van der Waals surface area contributed by atoms with E-state index < -0.39 is 23.6 Å². The van der Waals surface area contributed by atoms with Crippen LogP contribution in [0.2, 0.25) is 0 Å². The van der Waals surface area contributed by atoms with E-state index in [-0.39, 0.29) is 31.7 Å². The standard InChI is InChI=1S/C22H23BrFN3O6/c1-3-32-20(29)13-33-21-16(23)10-14(11-18(21)31-2)12-26-27-19(28)8-9-25-22(30)15-6-4-5-7-17(15)24/h4-7,10-12H,3,8-9,13H2,1-2H3,(H,25,30)(H,27,28). The lowest BCUT2D eigenvalue weighted by Crippen LogP contribution is -2.29. The first-order valence-electron chi connectivity index (χ1n) is 9.86. The highest BCUT2D eigenvalue weighted by Crippen LogP contribution is 2.36. The number of halogens is 2. The Morgan fingerprint density at radius 2 is 1.97 bits per heavy atom. The molecule has 2 aromatic rings. The van der Waals surface area contributed by atoms with E-state index in [2.05, 4.69) is 31.8 Å². The van der Waals surface area contributed by atoms with E-state index in [9.17, 15) is 18.8 Å². The summed E-state index contributed by atoms with van der Waals surface area (Å²) in [5, 5.41) is 6.34. The van der Waals surface area contributed by atoms with Crippen molar-refractivity contribution in [3.05, 3.63) is 57.8 Å². The number of carbonyl (C=O) groups excluding carboxylic acids is 3. The third-order valence-corrected chi connectivity index (χ3v) is 4.64. The van der Waals surface area contributed by atoms with Crippen LogP contribution in [0.1, 0.15) is 29.3 Å². The van der Waals surface area contributed by atoms with Crippen molar-refractivity contribution in [2.24, 2.45) is 5.10 Å². The average Bonchev–Trinajstić information content (AvgIpc) is 2.78. The van der Waals surface area contributed by atoms with E-state index in [1.807, 2.05) is 0 Å². The van der Waals surface area contributed by atoms with Gasteiger partial charge in [0.05, 0.1) is 30.0 Å². The third kappa shape index (κ3) is 8.19. The van der Waals surface area contributed by atoms with Gasteiger partial charge in [-0.3, -0.25) is 9.59 Å². The van der Waals surface area contributed by atoms with Gasteiger partial charge in [-0.15, -0.1) is 0 Å². The largest absolute Gasteiger partial charge is 0.493 e. The molecule has 0 radical (unpaired) electrons. The second kappa shape index (κ2) is 13.2. The summed E-state index contributed by atoms with van der Waals surface area (Å²) in [5.74, 6) is -1.53. The number of carbonyl (C=O) groups is 3. The van der Waals surface area contributed by atoms with Gasteiger partial charge < -0.3 is 19.5 Å².